The molecule has 0 bridgehead atoms. The van der Waals surface area contributed by atoms with Gasteiger partial charge in [-0.25, -0.2) is 0 Å². The molecule has 2 rings (SSSR count). The Bertz CT molecular complexity index is 299. The number of ether oxygens (including phenoxy) is 1. The van der Waals surface area contributed by atoms with Crippen LogP contribution in [-0.2, 0) is 9.53 Å². The van der Waals surface area contributed by atoms with Gasteiger partial charge in [-0.05, 0) is 32.8 Å². The Labute approximate surface area is 78.3 Å². The highest BCUT2D eigenvalue weighted by Gasteiger charge is 2.36. The molecule has 0 aromatic rings. The van der Waals surface area contributed by atoms with E-state index >= 15 is 0 Å². The SMILES string of the molecule is CC(=O)C1=C(C)OC2C=CCCC12. The van der Waals surface area contributed by atoms with Gasteiger partial charge in [-0.1, -0.05) is 6.08 Å². The van der Waals surface area contributed by atoms with Crippen LogP contribution in [0.2, 0.25) is 0 Å². The summed E-state index contributed by atoms with van der Waals surface area (Å²) in [4.78, 5) is 11.3. The first-order valence-corrected chi connectivity index (χ1v) is 4.75. The van der Waals surface area contributed by atoms with E-state index in [9.17, 15) is 4.79 Å². The van der Waals surface area contributed by atoms with Crippen molar-refractivity contribution in [3.05, 3.63) is 23.5 Å². The first kappa shape index (κ1) is 8.54. The van der Waals surface area contributed by atoms with Gasteiger partial charge in [0.2, 0.25) is 0 Å². The summed E-state index contributed by atoms with van der Waals surface area (Å²) in [5.41, 5.74) is 0.911. The zero-order valence-corrected chi connectivity index (χ0v) is 8.04. The van der Waals surface area contributed by atoms with Crippen LogP contribution in [0.1, 0.15) is 26.7 Å². The number of carbonyl (C=O) groups is 1. The predicted molar refractivity (Wildman–Crippen MR) is 50.1 cm³/mol. The highest BCUT2D eigenvalue weighted by Crippen LogP contribution is 2.37. The number of ketones is 1. The van der Waals surface area contributed by atoms with E-state index in [-0.39, 0.29) is 11.9 Å². The summed E-state index contributed by atoms with van der Waals surface area (Å²) >= 11 is 0. The largest absolute Gasteiger partial charge is 0.490 e. The smallest absolute Gasteiger partial charge is 0.159 e. The fraction of sp³-hybridized carbons (Fsp3) is 0.545. The fourth-order valence-electron chi connectivity index (χ4n) is 2.27. The molecule has 0 aromatic carbocycles. The Morgan fingerprint density at radius 3 is 3.08 bits per heavy atom. The summed E-state index contributed by atoms with van der Waals surface area (Å²) in [6.45, 7) is 3.52. The molecule has 0 saturated heterocycles. The van der Waals surface area contributed by atoms with E-state index in [2.05, 4.69) is 12.2 Å². The van der Waals surface area contributed by atoms with Crippen LogP contribution < -0.4 is 0 Å². The third kappa shape index (κ3) is 1.30. The molecular formula is C11H14O2. The molecule has 0 saturated carbocycles. The maximum Gasteiger partial charge on any atom is 0.159 e. The second-order valence-corrected chi connectivity index (χ2v) is 3.72. The van der Waals surface area contributed by atoms with Crippen LogP contribution in [0.25, 0.3) is 0 Å². The molecule has 0 spiro atoms. The Morgan fingerprint density at radius 1 is 1.62 bits per heavy atom. The first-order chi connectivity index (χ1) is 6.20. The molecule has 2 unspecified atom stereocenters. The lowest BCUT2D eigenvalue weighted by Gasteiger charge is -2.20. The molecular weight excluding hydrogens is 164 g/mol. The number of carbonyl (C=O) groups excluding carboxylic acids is 1. The van der Waals surface area contributed by atoms with E-state index in [1.165, 1.54) is 0 Å². The van der Waals surface area contributed by atoms with E-state index in [1.54, 1.807) is 6.92 Å². The topological polar surface area (TPSA) is 26.3 Å². The summed E-state index contributed by atoms with van der Waals surface area (Å²) in [6.07, 6.45) is 6.46. The summed E-state index contributed by atoms with van der Waals surface area (Å²) in [6, 6.07) is 0. The Hall–Kier alpha value is -1.05. The fourth-order valence-corrected chi connectivity index (χ4v) is 2.27. The zero-order valence-electron chi connectivity index (χ0n) is 8.04. The summed E-state index contributed by atoms with van der Waals surface area (Å²) in [5.74, 6) is 1.32. The summed E-state index contributed by atoms with van der Waals surface area (Å²) < 4.78 is 5.61. The highest BCUT2D eigenvalue weighted by molar-refractivity contribution is 5.94. The number of rotatable bonds is 1. The van der Waals surface area contributed by atoms with E-state index in [0.29, 0.717) is 5.92 Å². The summed E-state index contributed by atoms with van der Waals surface area (Å²) in [7, 11) is 0. The number of Topliss-reactive ketones (excluding diaryl/α,β-unsaturated/α-hetero) is 1. The molecule has 1 aliphatic carbocycles. The standard InChI is InChI=1S/C11H14O2/c1-7(12)11-8(2)13-10-6-4-3-5-9(10)11/h4,6,9-10H,3,5H2,1-2H3. The molecule has 0 amide bonds. The maximum absolute atomic E-state index is 11.3. The van der Waals surface area contributed by atoms with Crippen molar-refractivity contribution in [3.8, 4) is 0 Å². The normalized spacial score (nSPS) is 31.5. The van der Waals surface area contributed by atoms with Crippen LogP contribution in [0.4, 0.5) is 0 Å². The molecule has 2 nitrogen and oxygen atoms in total. The average molecular weight is 178 g/mol. The minimum Gasteiger partial charge on any atom is -0.490 e. The average Bonchev–Trinajstić information content (AvgIpc) is 2.39. The van der Waals surface area contributed by atoms with E-state index < -0.39 is 0 Å². The third-order valence-corrected chi connectivity index (χ3v) is 2.81. The second-order valence-electron chi connectivity index (χ2n) is 3.72. The van der Waals surface area contributed by atoms with Crippen molar-refractivity contribution in [2.75, 3.05) is 0 Å². The van der Waals surface area contributed by atoms with Gasteiger partial charge in [0.15, 0.2) is 5.78 Å². The van der Waals surface area contributed by atoms with Gasteiger partial charge in [-0.3, -0.25) is 4.79 Å². The van der Waals surface area contributed by atoms with Crippen molar-refractivity contribution in [2.45, 2.75) is 32.8 Å². The molecule has 70 valence electrons. The first-order valence-electron chi connectivity index (χ1n) is 4.75. The van der Waals surface area contributed by atoms with Gasteiger partial charge in [-0.15, -0.1) is 0 Å². The third-order valence-electron chi connectivity index (χ3n) is 2.81. The van der Waals surface area contributed by atoms with Crippen molar-refractivity contribution in [2.24, 2.45) is 5.92 Å². The van der Waals surface area contributed by atoms with Gasteiger partial charge in [0.25, 0.3) is 0 Å². The van der Waals surface area contributed by atoms with Crippen LogP contribution in [-0.4, -0.2) is 11.9 Å². The maximum atomic E-state index is 11.3. The minimum atomic E-state index is 0.132. The number of allylic oxidation sites excluding steroid dienone is 2. The van der Waals surface area contributed by atoms with E-state index in [1.807, 2.05) is 6.92 Å². The Balaban J connectivity index is 2.31. The molecule has 1 heterocycles. The molecule has 2 heteroatoms. The minimum absolute atomic E-state index is 0.132. The monoisotopic (exact) mass is 178 g/mol. The van der Waals surface area contributed by atoms with E-state index in [4.69, 9.17) is 4.74 Å². The molecule has 1 aliphatic heterocycles. The molecule has 0 fully saturated rings. The van der Waals surface area contributed by atoms with Gasteiger partial charge in [0, 0.05) is 11.5 Å². The Kier molecular flexibility index (Phi) is 1.98. The van der Waals surface area contributed by atoms with Crippen molar-refractivity contribution in [1.29, 1.82) is 0 Å². The number of hydrogen-bond donors (Lipinski definition) is 0. The summed E-state index contributed by atoms with van der Waals surface area (Å²) in [5, 5.41) is 0. The van der Waals surface area contributed by atoms with Crippen LogP contribution in [0, 0.1) is 5.92 Å². The van der Waals surface area contributed by atoms with Gasteiger partial charge in [-0.2, -0.15) is 0 Å². The lowest BCUT2D eigenvalue weighted by Crippen LogP contribution is -2.21. The Morgan fingerprint density at radius 2 is 2.38 bits per heavy atom. The molecule has 2 aliphatic rings. The van der Waals surface area contributed by atoms with Gasteiger partial charge in [0.05, 0.1) is 0 Å². The van der Waals surface area contributed by atoms with Gasteiger partial charge in [0.1, 0.15) is 11.9 Å². The van der Waals surface area contributed by atoms with Crippen LogP contribution in [0.5, 0.6) is 0 Å². The number of hydrogen-bond acceptors (Lipinski definition) is 2. The van der Waals surface area contributed by atoms with E-state index in [0.717, 1.165) is 24.2 Å². The van der Waals surface area contributed by atoms with Crippen LogP contribution in [0.3, 0.4) is 0 Å². The predicted octanol–water partition coefficient (Wildman–Crippen LogP) is 2.21. The number of fused-ring (bicyclic) bond motifs is 1. The lowest BCUT2D eigenvalue weighted by atomic mass is 9.85. The molecule has 0 radical (unpaired) electrons. The van der Waals surface area contributed by atoms with Crippen molar-refractivity contribution < 1.29 is 9.53 Å². The van der Waals surface area contributed by atoms with Crippen LogP contribution in [0.15, 0.2) is 23.5 Å². The molecule has 0 aromatic heterocycles. The van der Waals surface area contributed by atoms with Gasteiger partial charge < -0.3 is 4.74 Å². The highest BCUT2D eigenvalue weighted by atomic mass is 16.5. The zero-order chi connectivity index (χ0) is 9.42. The van der Waals surface area contributed by atoms with Gasteiger partial charge >= 0.3 is 0 Å². The quantitative estimate of drug-likeness (QED) is 0.575. The van der Waals surface area contributed by atoms with Crippen molar-refractivity contribution in [1.82, 2.24) is 0 Å². The van der Waals surface area contributed by atoms with Crippen LogP contribution >= 0.6 is 0 Å². The molecule has 2 atom stereocenters. The van der Waals surface area contributed by atoms with Crippen molar-refractivity contribution in [3.63, 3.8) is 0 Å². The molecule has 13 heavy (non-hydrogen) atoms. The van der Waals surface area contributed by atoms with Crippen molar-refractivity contribution >= 4 is 5.78 Å². The lowest BCUT2D eigenvalue weighted by molar-refractivity contribution is -0.114. The second kappa shape index (κ2) is 3.02. The molecule has 0 N–H and O–H groups in total.